The van der Waals surface area contributed by atoms with Crippen LogP contribution in [0.15, 0.2) is 41.8 Å². The quantitative estimate of drug-likeness (QED) is 0.525. The molecule has 0 saturated carbocycles. The van der Waals surface area contributed by atoms with Gasteiger partial charge < -0.3 is 14.8 Å². The van der Waals surface area contributed by atoms with Gasteiger partial charge in [0, 0.05) is 28.4 Å². The Bertz CT molecular complexity index is 1130. The Kier molecular flexibility index (Phi) is 6.08. The lowest BCUT2D eigenvalue weighted by molar-refractivity contribution is -0.144. The fourth-order valence-electron chi connectivity index (χ4n) is 4.60. The van der Waals surface area contributed by atoms with E-state index in [-0.39, 0.29) is 29.2 Å². The summed E-state index contributed by atoms with van der Waals surface area (Å²) in [6.45, 7) is 8.46. The lowest BCUT2D eigenvalue weighted by Crippen LogP contribution is -2.32. The number of thioether (sulfide) groups is 1. The molecule has 0 amide bonds. The third kappa shape index (κ3) is 4.29. The van der Waals surface area contributed by atoms with E-state index < -0.39 is 0 Å². The number of methoxy groups -OCH3 is 1. The minimum atomic E-state index is -0.362. The number of carbonyl (C=O) groups is 1. The number of anilines is 1. The van der Waals surface area contributed by atoms with Crippen molar-refractivity contribution in [1.29, 1.82) is 0 Å². The van der Waals surface area contributed by atoms with Crippen molar-refractivity contribution in [2.75, 3.05) is 12.4 Å². The zero-order chi connectivity index (χ0) is 23.0. The van der Waals surface area contributed by atoms with Crippen LogP contribution in [0.5, 0.6) is 5.75 Å². The van der Waals surface area contributed by atoms with Crippen molar-refractivity contribution in [3.8, 4) is 16.9 Å². The summed E-state index contributed by atoms with van der Waals surface area (Å²) in [5.41, 5.74) is 6.49. The first-order chi connectivity index (χ1) is 15.2. The van der Waals surface area contributed by atoms with Gasteiger partial charge in [0.2, 0.25) is 0 Å². The van der Waals surface area contributed by atoms with Crippen molar-refractivity contribution in [3.63, 3.8) is 0 Å². The highest BCUT2D eigenvalue weighted by molar-refractivity contribution is 8.03. The van der Waals surface area contributed by atoms with Crippen LogP contribution in [0.3, 0.4) is 0 Å². The number of hydrogen-bond acceptors (Lipinski definition) is 5. The average molecular weight is 454 g/mol. The number of hydrogen-bond donors (Lipinski definition) is 1. The number of allylic oxidation sites excluding steroid dienone is 2. The molecule has 4 nitrogen and oxygen atoms in total. The second-order valence-corrected chi connectivity index (χ2v) is 9.94. The first kappa shape index (κ1) is 22.5. The van der Waals surface area contributed by atoms with Crippen molar-refractivity contribution < 1.29 is 18.7 Å². The lowest BCUT2D eigenvalue weighted by atomic mass is 9.83. The number of rotatable bonds is 5. The highest BCUT2D eigenvalue weighted by atomic mass is 32.2. The Hall–Kier alpha value is -2.73. The van der Waals surface area contributed by atoms with E-state index in [1.165, 1.54) is 31.0 Å². The first-order valence-electron chi connectivity index (χ1n) is 10.7. The molecule has 2 aliphatic heterocycles. The minimum absolute atomic E-state index is 0.128. The molecule has 0 fully saturated rings. The predicted octanol–water partition coefficient (Wildman–Crippen LogP) is 6.48. The third-order valence-corrected chi connectivity index (χ3v) is 6.86. The molecule has 2 heterocycles. The standard InChI is InChI=1S/C26H28FNO3S/c1-15-11-20-24(16(2)13-26(3,4)28-20)19(14-31-25(29)22-7-6-10-32-22)23(15)18-9-8-17(27)12-21(18)30-5/h6,8-13,22,28H,7,14H2,1-5H3. The zero-order valence-corrected chi connectivity index (χ0v) is 19.9. The molecule has 0 bridgehead atoms. The predicted molar refractivity (Wildman–Crippen MR) is 129 cm³/mol. The van der Waals surface area contributed by atoms with Crippen LogP contribution in [-0.2, 0) is 16.1 Å². The van der Waals surface area contributed by atoms with Crippen LogP contribution >= 0.6 is 11.8 Å². The molecule has 1 atom stereocenters. The summed E-state index contributed by atoms with van der Waals surface area (Å²) in [5, 5.41) is 5.32. The number of halogens is 1. The smallest absolute Gasteiger partial charge is 0.320 e. The highest BCUT2D eigenvalue weighted by Gasteiger charge is 2.29. The van der Waals surface area contributed by atoms with Crippen LogP contribution in [0.4, 0.5) is 10.1 Å². The molecule has 2 aromatic carbocycles. The van der Waals surface area contributed by atoms with E-state index in [1.54, 1.807) is 6.07 Å². The monoisotopic (exact) mass is 453 g/mol. The molecule has 2 aliphatic rings. The number of nitrogens with one attached hydrogen (secondary N) is 1. The SMILES string of the molecule is COc1cc(F)ccc1-c1c(C)cc2c(c1COC(=O)C1CC=CS1)C(C)=CC(C)(C)N2. The number of ether oxygens (including phenoxy) is 2. The number of esters is 1. The van der Waals surface area contributed by atoms with Crippen molar-refractivity contribution in [2.24, 2.45) is 0 Å². The Morgan fingerprint density at radius 1 is 1.25 bits per heavy atom. The van der Waals surface area contributed by atoms with Crippen LogP contribution in [0.1, 0.15) is 43.9 Å². The van der Waals surface area contributed by atoms with Gasteiger partial charge in [0.05, 0.1) is 12.6 Å². The molecule has 0 aromatic heterocycles. The summed E-state index contributed by atoms with van der Waals surface area (Å²) in [6.07, 6.45) is 4.85. The normalized spacial score (nSPS) is 18.6. The van der Waals surface area contributed by atoms with Crippen LogP contribution in [-0.4, -0.2) is 23.9 Å². The molecule has 0 aliphatic carbocycles. The van der Waals surface area contributed by atoms with Crippen molar-refractivity contribution in [2.45, 2.75) is 51.5 Å². The van der Waals surface area contributed by atoms with Gasteiger partial charge in [-0.25, -0.2) is 4.39 Å². The average Bonchev–Trinajstić information content (AvgIpc) is 3.25. The first-order valence-corrected chi connectivity index (χ1v) is 11.6. The van der Waals surface area contributed by atoms with Crippen LogP contribution in [0.25, 0.3) is 16.7 Å². The largest absolute Gasteiger partial charge is 0.496 e. The van der Waals surface area contributed by atoms with Gasteiger partial charge in [0.15, 0.2) is 0 Å². The number of carbonyl (C=O) groups excluding carboxylic acids is 1. The Balaban J connectivity index is 1.86. The molecule has 0 radical (unpaired) electrons. The van der Waals surface area contributed by atoms with E-state index >= 15 is 0 Å². The molecule has 4 rings (SSSR count). The fourth-order valence-corrected chi connectivity index (χ4v) is 5.41. The maximum absolute atomic E-state index is 13.9. The highest BCUT2D eigenvalue weighted by Crippen LogP contribution is 2.44. The topological polar surface area (TPSA) is 47.6 Å². The maximum Gasteiger partial charge on any atom is 0.320 e. The summed E-state index contributed by atoms with van der Waals surface area (Å²) >= 11 is 1.49. The van der Waals surface area contributed by atoms with Gasteiger partial charge in [-0.15, -0.1) is 11.8 Å². The van der Waals surface area contributed by atoms with Gasteiger partial charge >= 0.3 is 5.97 Å². The summed E-state index contributed by atoms with van der Waals surface area (Å²) < 4.78 is 25.3. The number of aryl methyl sites for hydroxylation is 1. The third-order valence-electron chi connectivity index (χ3n) is 5.80. The van der Waals surface area contributed by atoms with E-state index in [1.807, 2.05) is 18.4 Å². The molecule has 0 spiro atoms. The molecular formula is C26H28FNO3S. The summed E-state index contributed by atoms with van der Waals surface area (Å²) in [6, 6.07) is 6.64. The van der Waals surface area contributed by atoms with E-state index in [0.29, 0.717) is 12.2 Å². The molecule has 2 aromatic rings. The van der Waals surface area contributed by atoms with Crippen molar-refractivity contribution in [3.05, 3.63) is 64.3 Å². The van der Waals surface area contributed by atoms with Gasteiger partial charge in [-0.05, 0) is 74.4 Å². The molecular weight excluding hydrogens is 425 g/mol. The fraction of sp³-hybridized carbons (Fsp3) is 0.346. The molecule has 0 saturated heterocycles. The van der Waals surface area contributed by atoms with Crippen molar-refractivity contribution in [1.82, 2.24) is 0 Å². The summed E-state index contributed by atoms with van der Waals surface area (Å²) in [4.78, 5) is 12.7. The van der Waals surface area contributed by atoms with Crippen molar-refractivity contribution >= 4 is 29.0 Å². The Morgan fingerprint density at radius 3 is 2.72 bits per heavy atom. The summed E-state index contributed by atoms with van der Waals surface area (Å²) in [5.74, 6) is -0.139. The van der Waals surface area contributed by atoms with Crippen LogP contribution < -0.4 is 10.1 Å². The maximum atomic E-state index is 13.9. The number of fused-ring (bicyclic) bond motifs is 1. The van der Waals surface area contributed by atoms with E-state index in [2.05, 4.69) is 38.2 Å². The molecule has 1 N–H and O–H groups in total. The zero-order valence-electron chi connectivity index (χ0n) is 19.0. The lowest BCUT2D eigenvalue weighted by Gasteiger charge is -2.34. The second kappa shape index (κ2) is 8.66. The molecule has 6 heteroatoms. The van der Waals surface area contributed by atoms with E-state index in [0.717, 1.165) is 39.1 Å². The number of benzene rings is 2. The second-order valence-electron chi connectivity index (χ2n) is 8.83. The van der Waals surface area contributed by atoms with Gasteiger partial charge in [0.25, 0.3) is 0 Å². The van der Waals surface area contributed by atoms with E-state index in [9.17, 15) is 9.18 Å². The molecule has 168 valence electrons. The minimum Gasteiger partial charge on any atom is -0.496 e. The van der Waals surface area contributed by atoms with Gasteiger partial charge in [-0.2, -0.15) is 0 Å². The van der Waals surface area contributed by atoms with Gasteiger partial charge in [-0.1, -0.05) is 12.2 Å². The van der Waals surface area contributed by atoms with E-state index in [4.69, 9.17) is 9.47 Å². The molecule has 1 unspecified atom stereocenters. The summed E-state index contributed by atoms with van der Waals surface area (Å²) in [7, 11) is 1.53. The van der Waals surface area contributed by atoms with Crippen LogP contribution in [0.2, 0.25) is 0 Å². The van der Waals surface area contributed by atoms with Crippen LogP contribution in [0, 0.1) is 12.7 Å². The Labute approximate surface area is 192 Å². The van der Waals surface area contributed by atoms with Gasteiger partial charge in [-0.3, -0.25) is 4.79 Å². The Morgan fingerprint density at radius 2 is 2.03 bits per heavy atom. The molecule has 32 heavy (non-hydrogen) atoms. The van der Waals surface area contributed by atoms with Gasteiger partial charge in [0.1, 0.15) is 23.4 Å².